The minimum absolute atomic E-state index is 0.0683. The number of esters is 1. The number of hydrogen-bond donors (Lipinski definition) is 0. The molecule has 0 spiro atoms. The Kier molecular flexibility index (Phi) is 5.86. The van der Waals surface area contributed by atoms with Crippen molar-refractivity contribution < 1.29 is 19.1 Å². The van der Waals surface area contributed by atoms with Crippen LogP contribution in [0.1, 0.15) is 49.7 Å². The molecule has 6 heteroatoms. The molecule has 2 aromatic rings. The fourth-order valence-corrected chi connectivity index (χ4v) is 5.22. The SMILES string of the molecule is CCOC(=O)C1C(C)=NC2=C(C(=O)C[C@@H](c3ccc(OC)cc3)C2)[C@H]1c1ccsc1. The molecule has 30 heavy (non-hydrogen) atoms. The summed E-state index contributed by atoms with van der Waals surface area (Å²) in [6, 6.07) is 9.86. The summed E-state index contributed by atoms with van der Waals surface area (Å²) in [5.74, 6) is -0.264. The highest BCUT2D eigenvalue weighted by molar-refractivity contribution is 7.08. The van der Waals surface area contributed by atoms with E-state index in [0.29, 0.717) is 30.7 Å². The summed E-state index contributed by atoms with van der Waals surface area (Å²) in [5.41, 5.74) is 4.29. The molecule has 0 saturated carbocycles. The number of Topliss-reactive ketones (excluding diaryl/α,β-unsaturated/α-hetero) is 1. The second-order valence-electron chi connectivity index (χ2n) is 7.68. The van der Waals surface area contributed by atoms with Crippen molar-refractivity contribution in [2.24, 2.45) is 10.9 Å². The average Bonchev–Trinajstić information content (AvgIpc) is 3.27. The Labute approximate surface area is 180 Å². The maximum absolute atomic E-state index is 13.4. The average molecular weight is 424 g/mol. The molecule has 4 rings (SSSR count). The van der Waals surface area contributed by atoms with Crippen LogP contribution < -0.4 is 4.74 Å². The molecule has 3 atom stereocenters. The van der Waals surface area contributed by atoms with Crippen LogP contribution in [0, 0.1) is 5.92 Å². The number of hydrogen-bond acceptors (Lipinski definition) is 6. The van der Waals surface area contributed by atoms with E-state index >= 15 is 0 Å². The summed E-state index contributed by atoms with van der Waals surface area (Å²) in [5, 5.41) is 4.00. The first-order valence-electron chi connectivity index (χ1n) is 10.2. The van der Waals surface area contributed by atoms with Crippen molar-refractivity contribution >= 4 is 28.8 Å². The van der Waals surface area contributed by atoms with Gasteiger partial charge in [-0.15, -0.1) is 0 Å². The van der Waals surface area contributed by atoms with Crippen molar-refractivity contribution in [3.8, 4) is 5.75 Å². The molecule has 0 N–H and O–H groups in total. The predicted octanol–water partition coefficient (Wildman–Crippen LogP) is 4.89. The number of ketones is 1. The van der Waals surface area contributed by atoms with Gasteiger partial charge < -0.3 is 9.47 Å². The van der Waals surface area contributed by atoms with Gasteiger partial charge in [-0.25, -0.2) is 0 Å². The number of ether oxygens (including phenoxy) is 2. The van der Waals surface area contributed by atoms with E-state index in [-0.39, 0.29) is 23.6 Å². The molecule has 0 amide bonds. The standard InChI is InChI=1S/C24H25NO4S/c1-4-29-24(27)21-14(2)25-19-11-17(15-5-7-18(28-3)8-6-15)12-20(26)23(19)22(21)16-9-10-30-13-16/h5-10,13,17,21-22H,4,11-12H2,1-3H3/t17-,21?,22-/m0/s1. The molecular formula is C24H25NO4S. The molecule has 0 saturated heterocycles. The van der Waals surface area contributed by atoms with Crippen molar-refractivity contribution in [1.82, 2.24) is 0 Å². The first-order chi connectivity index (χ1) is 14.5. The third-order valence-electron chi connectivity index (χ3n) is 5.92. The molecule has 5 nitrogen and oxygen atoms in total. The van der Waals surface area contributed by atoms with Gasteiger partial charge in [-0.2, -0.15) is 11.3 Å². The first-order valence-corrected chi connectivity index (χ1v) is 11.1. The topological polar surface area (TPSA) is 65.0 Å². The van der Waals surface area contributed by atoms with E-state index in [1.165, 1.54) is 0 Å². The van der Waals surface area contributed by atoms with Crippen molar-refractivity contribution in [1.29, 1.82) is 0 Å². The van der Waals surface area contributed by atoms with Gasteiger partial charge in [-0.05, 0) is 66.3 Å². The van der Waals surface area contributed by atoms with E-state index in [1.54, 1.807) is 25.4 Å². The van der Waals surface area contributed by atoms with Gasteiger partial charge in [-0.1, -0.05) is 12.1 Å². The molecule has 1 aromatic heterocycles. The van der Waals surface area contributed by atoms with Crippen LogP contribution in [0.5, 0.6) is 5.75 Å². The van der Waals surface area contributed by atoms with Crippen LogP contribution in [-0.4, -0.2) is 31.2 Å². The normalized spacial score (nSPS) is 23.6. The zero-order valence-corrected chi connectivity index (χ0v) is 18.2. The van der Waals surface area contributed by atoms with Gasteiger partial charge >= 0.3 is 5.97 Å². The zero-order chi connectivity index (χ0) is 21.3. The fourth-order valence-electron chi connectivity index (χ4n) is 4.52. The minimum atomic E-state index is -0.556. The summed E-state index contributed by atoms with van der Waals surface area (Å²) in [4.78, 5) is 30.9. The predicted molar refractivity (Wildman–Crippen MR) is 117 cm³/mol. The van der Waals surface area contributed by atoms with E-state index in [2.05, 4.69) is 0 Å². The molecule has 1 aromatic carbocycles. The Morgan fingerprint density at radius 1 is 1.17 bits per heavy atom. The maximum Gasteiger partial charge on any atom is 0.315 e. The second-order valence-corrected chi connectivity index (χ2v) is 8.46. The highest BCUT2D eigenvalue weighted by Gasteiger charge is 2.44. The van der Waals surface area contributed by atoms with Gasteiger partial charge in [0.2, 0.25) is 0 Å². The number of nitrogens with zero attached hydrogens (tertiary/aromatic N) is 1. The van der Waals surface area contributed by atoms with Crippen molar-refractivity contribution in [2.75, 3.05) is 13.7 Å². The number of allylic oxidation sites excluding steroid dienone is 2. The lowest BCUT2D eigenvalue weighted by Crippen LogP contribution is -2.38. The lowest BCUT2D eigenvalue weighted by Gasteiger charge is -2.36. The quantitative estimate of drug-likeness (QED) is 0.642. The molecular weight excluding hydrogens is 398 g/mol. The van der Waals surface area contributed by atoms with E-state index in [0.717, 1.165) is 22.6 Å². The number of rotatable bonds is 5. The van der Waals surface area contributed by atoms with Crippen molar-refractivity contribution in [3.63, 3.8) is 0 Å². The Balaban J connectivity index is 1.73. The summed E-state index contributed by atoms with van der Waals surface area (Å²) in [6.07, 6.45) is 1.09. The molecule has 0 radical (unpaired) electrons. The summed E-state index contributed by atoms with van der Waals surface area (Å²) >= 11 is 1.57. The molecule has 0 fully saturated rings. The van der Waals surface area contributed by atoms with Gasteiger partial charge in [0.05, 0.1) is 13.7 Å². The molecule has 0 bridgehead atoms. The van der Waals surface area contributed by atoms with Crippen LogP contribution >= 0.6 is 11.3 Å². The van der Waals surface area contributed by atoms with Crippen molar-refractivity contribution in [3.05, 3.63) is 63.5 Å². The molecule has 156 valence electrons. The number of carbonyl (C=O) groups is 2. The molecule has 1 aliphatic carbocycles. The minimum Gasteiger partial charge on any atom is -0.497 e. The van der Waals surface area contributed by atoms with Gasteiger partial charge in [0.25, 0.3) is 0 Å². The lowest BCUT2D eigenvalue weighted by atomic mass is 9.70. The van der Waals surface area contributed by atoms with Crippen LogP contribution in [0.3, 0.4) is 0 Å². The van der Waals surface area contributed by atoms with E-state index < -0.39 is 5.92 Å². The summed E-state index contributed by atoms with van der Waals surface area (Å²) in [6.45, 7) is 3.97. The van der Waals surface area contributed by atoms with Gasteiger partial charge in [0.1, 0.15) is 11.7 Å². The zero-order valence-electron chi connectivity index (χ0n) is 17.4. The Bertz CT molecular complexity index is 1000. The van der Waals surface area contributed by atoms with E-state index in [9.17, 15) is 9.59 Å². The Morgan fingerprint density at radius 2 is 1.93 bits per heavy atom. The van der Waals surface area contributed by atoms with Crippen LogP contribution in [-0.2, 0) is 14.3 Å². The summed E-state index contributed by atoms with van der Waals surface area (Å²) in [7, 11) is 1.64. The molecule has 1 unspecified atom stereocenters. The molecule has 2 heterocycles. The third kappa shape index (κ3) is 3.72. The van der Waals surface area contributed by atoms with E-state index in [1.807, 2.05) is 48.0 Å². The van der Waals surface area contributed by atoms with Crippen molar-refractivity contribution in [2.45, 2.75) is 38.5 Å². The van der Waals surface area contributed by atoms with Crippen LogP contribution in [0.15, 0.2) is 57.4 Å². The second kappa shape index (κ2) is 8.56. The van der Waals surface area contributed by atoms with Crippen LogP contribution in [0.2, 0.25) is 0 Å². The van der Waals surface area contributed by atoms with Gasteiger partial charge in [-0.3, -0.25) is 14.6 Å². The lowest BCUT2D eigenvalue weighted by molar-refractivity contribution is -0.146. The number of carbonyl (C=O) groups excluding carboxylic acids is 2. The monoisotopic (exact) mass is 423 g/mol. The largest absolute Gasteiger partial charge is 0.497 e. The number of aliphatic imine (C=N–C) groups is 1. The van der Waals surface area contributed by atoms with Crippen LogP contribution in [0.4, 0.5) is 0 Å². The smallest absolute Gasteiger partial charge is 0.315 e. The van der Waals surface area contributed by atoms with Gasteiger partial charge in [0, 0.05) is 29.3 Å². The number of benzene rings is 1. The Hall–Kier alpha value is -2.73. The highest BCUT2D eigenvalue weighted by Crippen LogP contribution is 2.47. The van der Waals surface area contributed by atoms with Crippen LogP contribution in [0.25, 0.3) is 0 Å². The molecule has 2 aliphatic rings. The van der Waals surface area contributed by atoms with Gasteiger partial charge in [0.15, 0.2) is 5.78 Å². The summed E-state index contributed by atoms with van der Waals surface area (Å²) < 4.78 is 10.6. The Morgan fingerprint density at radius 3 is 2.57 bits per heavy atom. The maximum atomic E-state index is 13.4. The number of methoxy groups -OCH3 is 1. The highest BCUT2D eigenvalue weighted by atomic mass is 32.1. The van der Waals surface area contributed by atoms with E-state index in [4.69, 9.17) is 14.5 Å². The fraction of sp³-hybridized carbons (Fsp3) is 0.375. The third-order valence-corrected chi connectivity index (χ3v) is 6.62. The molecule has 1 aliphatic heterocycles. The first kappa shape index (κ1) is 20.5. The number of thiophene rings is 1.